The third-order valence-electron chi connectivity index (χ3n) is 4.66. The fourth-order valence-electron chi connectivity index (χ4n) is 2.73. The molecule has 0 aliphatic rings. The molecule has 0 aliphatic carbocycles. The molecule has 1 unspecified atom stereocenters. The lowest BCUT2D eigenvalue weighted by molar-refractivity contribution is -0.150. The smallest absolute Gasteiger partial charge is 0.308 e. The molecule has 204 valence electrons. The molecule has 0 aliphatic heterocycles. The summed E-state index contributed by atoms with van der Waals surface area (Å²) in [6.45, 7) is 12.0. The standard InChI is InChI=1S/C24H47IO9/c1-3-5-6-23(4-2)24(26)34-22-21-33-20-19-32-18-17-31-16-15-30-14-13-29-12-11-28-10-9-27-8-7-25/h23H,3-22H2,1-2H3. The second-order valence-electron chi connectivity index (χ2n) is 7.39. The second-order valence-corrected chi connectivity index (χ2v) is 8.47. The lowest BCUT2D eigenvalue weighted by Gasteiger charge is -2.13. The summed E-state index contributed by atoms with van der Waals surface area (Å²) in [5.41, 5.74) is 0. The Kier molecular flexibility index (Phi) is 29.1. The van der Waals surface area contributed by atoms with E-state index in [1.165, 1.54) is 0 Å². The van der Waals surface area contributed by atoms with Crippen LogP contribution in [0.2, 0.25) is 0 Å². The van der Waals surface area contributed by atoms with Crippen molar-refractivity contribution in [3.8, 4) is 0 Å². The summed E-state index contributed by atoms with van der Waals surface area (Å²) in [6.07, 6.45) is 3.87. The molecule has 0 fully saturated rings. The van der Waals surface area contributed by atoms with Crippen LogP contribution in [0.3, 0.4) is 0 Å². The van der Waals surface area contributed by atoms with Crippen LogP contribution in [0, 0.1) is 5.92 Å². The summed E-state index contributed by atoms with van der Waals surface area (Å²) in [5.74, 6) is -0.105. The number of carbonyl (C=O) groups is 1. The third-order valence-corrected chi connectivity index (χ3v) is 5.10. The van der Waals surface area contributed by atoms with Crippen LogP contribution in [0.4, 0.5) is 0 Å². The zero-order chi connectivity index (χ0) is 25.0. The summed E-state index contributed by atoms with van der Waals surface area (Å²) < 4.78 is 44.1. The Bertz CT molecular complexity index is 416. The van der Waals surface area contributed by atoms with E-state index in [0.29, 0.717) is 85.9 Å². The Labute approximate surface area is 219 Å². The summed E-state index contributed by atoms with van der Waals surface area (Å²) in [7, 11) is 0. The van der Waals surface area contributed by atoms with Crippen molar-refractivity contribution in [1.82, 2.24) is 0 Å². The van der Waals surface area contributed by atoms with E-state index in [4.69, 9.17) is 37.9 Å². The van der Waals surface area contributed by atoms with Gasteiger partial charge in [0.05, 0.1) is 98.4 Å². The molecule has 0 aromatic heterocycles. The van der Waals surface area contributed by atoms with Crippen LogP contribution < -0.4 is 0 Å². The van der Waals surface area contributed by atoms with Crippen LogP contribution in [0.15, 0.2) is 0 Å². The van der Waals surface area contributed by atoms with Gasteiger partial charge in [-0.05, 0) is 12.8 Å². The highest BCUT2D eigenvalue weighted by Crippen LogP contribution is 2.14. The van der Waals surface area contributed by atoms with E-state index in [9.17, 15) is 4.79 Å². The highest BCUT2D eigenvalue weighted by Gasteiger charge is 2.16. The topological polar surface area (TPSA) is 90.9 Å². The van der Waals surface area contributed by atoms with Crippen LogP contribution in [-0.2, 0) is 42.7 Å². The average Bonchev–Trinajstić information content (AvgIpc) is 2.85. The van der Waals surface area contributed by atoms with E-state index in [1.807, 2.05) is 6.92 Å². The van der Waals surface area contributed by atoms with Gasteiger partial charge >= 0.3 is 5.97 Å². The van der Waals surface area contributed by atoms with Gasteiger partial charge in [0, 0.05) is 4.43 Å². The van der Waals surface area contributed by atoms with E-state index in [2.05, 4.69) is 29.5 Å². The predicted molar refractivity (Wildman–Crippen MR) is 139 cm³/mol. The molecule has 0 saturated heterocycles. The van der Waals surface area contributed by atoms with E-state index < -0.39 is 0 Å². The number of esters is 1. The fourth-order valence-corrected chi connectivity index (χ4v) is 3.05. The zero-order valence-electron chi connectivity index (χ0n) is 21.3. The third kappa shape index (κ3) is 25.0. The first-order chi connectivity index (χ1) is 16.8. The minimum atomic E-state index is -0.113. The van der Waals surface area contributed by atoms with Crippen molar-refractivity contribution in [1.29, 1.82) is 0 Å². The molecule has 10 heteroatoms. The van der Waals surface area contributed by atoms with Crippen molar-refractivity contribution in [2.75, 3.05) is 104 Å². The molecule has 9 nitrogen and oxygen atoms in total. The maximum atomic E-state index is 12.0. The van der Waals surface area contributed by atoms with Crippen molar-refractivity contribution in [2.45, 2.75) is 39.5 Å². The minimum Gasteiger partial charge on any atom is -0.463 e. The van der Waals surface area contributed by atoms with Crippen LogP contribution in [0.25, 0.3) is 0 Å². The monoisotopic (exact) mass is 606 g/mol. The van der Waals surface area contributed by atoms with E-state index in [-0.39, 0.29) is 18.5 Å². The van der Waals surface area contributed by atoms with Gasteiger partial charge in [-0.1, -0.05) is 49.3 Å². The first-order valence-corrected chi connectivity index (χ1v) is 14.1. The Balaban J connectivity index is 3.18. The van der Waals surface area contributed by atoms with Crippen molar-refractivity contribution < 1.29 is 42.7 Å². The number of hydrogen-bond acceptors (Lipinski definition) is 9. The normalized spacial score (nSPS) is 12.2. The number of rotatable bonds is 28. The largest absolute Gasteiger partial charge is 0.463 e. The number of hydrogen-bond donors (Lipinski definition) is 0. The van der Waals surface area contributed by atoms with Crippen molar-refractivity contribution in [3.05, 3.63) is 0 Å². The van der Waals surface area contributed by atoms with Crippen LogP contribution in [-0.4, -0.2) is 110 Å². The van der Waals surface area contributed by atoms with Crippen molar-refractivity contribution >= 4 is 28.6 Å². The molecule has 0 radical (unpaired) electrons. The Morgan fingerprint density at radius 1 is 0.588 bits per heavy atom. The highest BCUT2D eigenvalue weighted by molar-refractivity contribution is 14.1. The molecule has 0 bridgehead atoms. The SMILES string of the molecule is CCCCC(CC)C(=O)OCCOCCOCCOCCOCCOCCOCCOCCI. The van der Waals surface area contributed by atoms with Gasteiger partial charge in [0.1, 0.15) is 6.61 Å². The quantitative estimate of drug-likeness (QED) is 0.0576. The second kappa shape index (κ2) is 29.2. The molecule has 0 rings (SSSR count). The van der Waals surface area contributed by atoms with E-state index in [1.54, 1.807) is 0 Å². The van der Waals surface area contributed by atoms with Crippen molar-refractivity contribution in [3.63, 3.8) is 0 Å². The predicted octanol–water partition coefficient (Wildman–Crippen LogP) is 3.30. The average molecular weight is 607 g/mol. The molecule has 0 N–H and O–H groups in total. The summed E-state index contributed by atoms with van der Waals surface area (Å²) >= 11 is 2.28. The molecule has 0 saturated carbocycles. The Morgan fingerprint density at radius 2 is 0.941 bits per heavy atom. The van der Waals surface area contributed by atoms with Gasteiger partial charge in [0.15, 0.2) is 0 Å². The maximum absolute atomic E-state index is 12.0. The maximum Gasteiger partial charge on any atom is 0.308 e. The minimum absolute atomic E-state index is 0.00732. The molecular weight excluding hydrogens is 559 g/mol. The van der Waals surface area contributed by atoms with Crippen LogP contribution >= 0.6 is 22.6 Å². The van der Waals surface area contributed by atoms with Crippen LogP contribution in [0.5, 0.6) is 0 Å². The number of carbonyl (C=O) groups excluding carboxylic acids is 1. The number of alkyl halides is 1. The molecule has 0 aromatic carbocycles. The first-order valence-electron chi connectivity index (χ1n) is 12.5. The Hall–Kier alpha value is -0.0800. The van der Waals surface area contributed by atoms with E-state index in [0.717, 1.165) is 36.7 Å². The molecule has 0 heterocycles. The molecular formula is C24H47IO9. The lowest BCUT2D eigenvalue weighted by atomic mass is 10.00. The fraction of sp³-hybridized carbons (Fsp3) is 0.958. The highest BCUT2D eigenvalue weighted by atomic mass is 127. The molecule has 0 spiro atoms. The van der Waals surface area contributed by atoms with Gasteiger partial charge in [-0.25, -0.2) is 0 Å². The molecule has 34 heavy (non-hydrogen) atoms. The molecule has 0 aromatic rings. The summed E-state index contributed by atoms with van der Waals surface area (Å²) in [4.78, 5) is 12.0. The summed E-state index contributed by atoms with van der Waals surface area (Å²) in [5, 5.41) is 0. The summed E-state index contributed by atoms with van der Waals surface area (Å²) in [6, 6.07) is 0. The number of ether oxygens (including phenoxy) is 8. The lowest BCUT2D eigenvalue weighted by Crippen LogP contribution is -2.20. The Morgan fingerprint density at radius 3 is 1.26 bits per heavy atom. The van der Waals surface area contributed by atoms with Gasteiger partial charge in [-0.3, -0.25) is 4.79 Å². The van der Waals surface area contributed by atoms with E-state index >= 15 is 0 Å². The van der Waals surface area contributed by atoms with Gasteiger partial charge in [0.2, 0.25) is 0 Å². The molecule has 0 amide bonds. The van der Waals surface area contributed by atoms with Crippen molar-refractivity contribution in [2.24, 2.45) is 5.92 Å². The molecule has 1 atom stereocenters. The number of halogens is 1. The number of unbranched alkanes of at least 4 members (excludes halogenated alkanes) is 1. The van der Waals surface area contributed by atoms with Gasteiger partial charge in [0.25, 0.3) is 0 Å². The first kappa shape index (κ1) is 33.9. The van der Waals surface area contributed by atoms with Gasteiger partial charge in [-0.2, -0.15) is 0 Å². The van der Waals surface area contributed by atoms with Gasteiger partial charge in [-0.15, -0.1) is 0 Å². The van der Waals surface area contributed by atoms with Crippen LogP contribution in [0.1, 0.15) is 39.5 Å². The van der Waals surface area contributed by atoms with Gasteiger partial charge < -0.3 is 37.9 Å². The zero-order valence-corrected chi connectivity index (χ0v) is 23.4.